The Labute approximate surface area is 100 Å². The predicted octanol–water partition coefficient (Wildman–Crippen LogP) is 2.96. The summed E-state index contributed by atoms with van der Waals surface area (Å²) in [5.74, 6) is 0.814. The SMILES string of the molecule is CCc1ccc(-c2ncnc3c2CC=N3)cc1. The molecule has 0 radical (unpaired) electrons. The maximum absolute atomic E-state index is 4.38. The normalized spacial score (nSPS) is 12.8. The molecule has 2 heterocycles. The zero-order chi connectivity index (χ0) is 11.7. The molecule has 1 aliphatic heterocycles. The Balaban J connectivity index is 2.07. The van der Waals surface area contributed by atoms with Gasteiger partial charge in [-0.2, -0.15) is 0 Å². The molecule has 0 unspecified atom stereocenters. The molecule has 1 aliphatic rings. The molecule has 0 saturated carbocycles. The van der Waals surface area contributed by atoms with Crippen molar-refractivity contribution in [3.63, 3.8) is 0 Å². The number of hydrogen-bond acceptors (Lipinski definition) is 3. The van der Waals surface area contributed by atoms with Gasteiger partial charge >= 0.3 is 0 Å². The van der Waals surface area contributed by atoms with Gasteiger partial charge in [0.1, 0.15) is 6.33 Å². The molecule has 0 saturated heterocycles. The number of hydrogen-bond donors (Lipinski definition) is 0. The third-order valence-corrected chi connectivity index (χ3v) is 3.07. The third kappa shape index (κ3) is 1.73. The van der Waals surface area contributed by atoms with Crippen LogP contribution in [0, 0.1) is 0 Å². The van der Waals surface area contributed by atoms with E-state index in [0.717, 1.165) is 35.5 Å². The van der Waals surface area contributed by atoms with Crippen molar-refractivity contribution in [1.29, 1.82) is 0 Å². The Morgan fingerprint density at radius 1 is 1.12 bits per heavy atom. The van der Waals surface area contributed by atoms with Crippen molar-refractivity contribution in [2.45, 2.75) is 19.8 Å². The third-order valence-electron chi connectivity index (χ3n) is 3.07. The minimum Gasteiger partial charge on any atom is -0.241 e. The lowest BCUT2D eigenvalue weighted by Gasteiger charge is -2.06. The Bertz CT molecular complexity index is 571. The van der Waals surface area contributed by atoms with Crippen molar-refractivity contribution in [2.75, 3.05) is 0 Å². The Morgan fingerprint density at radius 3 is 2.71 bits per heavy atom. The van der Waals surface area contributed by atoms with Crippen LogP contribution in [0.4, 0.5) is 5.82 Å². The van der Waals surface area contributed by atoms with Gasteiger partial charge in [0.2, 0.25) is 0 Å². The molecule has 0 N–H and O–H groups in total. The van der Waals surface area contributed by atoms with Gasteiger partial charge in [0.25, 0.3) is 0 Å². The summed E-state index contributed by atoms with van der Waals surface area (Å²) in [5, 5.41) is 0. The van der Waals surface area contributed by atoms with Crippen LogP contribution in [0.5, 0.6) is 0 Å². The number of aromatic nitrogens is 2. The molecule has 1 aromatic heterocycles. The number of aryl methyl sites for hydroxylation is 1. The van der Waals surface area contributed by atoms with E-state index in [1.54, 1.807) is 6.33 Å². The molecule has 1 aromatic carbocycles. The number of rotatable bonds is 2. The van der Waals surface area contributed by atoms with E-state index < -0.39 is 0 Å². The van der Waals surface area contributed by atoms with Crippen molar-refractivity contribution < 1.29 is 0 Å². The Hall–Kier alpha value is -2.03. The van der Waals surface area contributed by atoms with Gasteiger partial charge in [0.15, 0.2) is 5.82 Å². The molecule has 0 atom stereocenters. The standard InChI is InChI=1S/C14H13N3/c1-2-10-3-5-11(6-4-10)13-12-7-8-15-14(12)17-9-16-13/h3-6,8-9H,2,7H2,1H3. The smallest absolute Gasteiger partial charge is 0.159 e. The summed E-state index contributed by atoms with van der Waals surface area (Å²) >= 11 is 0. The largest absolute Gasteiger partial charge is 0.241 e. The number of benzene rings is 1. The van der Waals surface area contributed by atoms with Gasteiger partial charge in [0.05, 0.1) is 5.69 Å². The highest BCUT2D eigenvalue weighted by Crippen LogP contribution is 2.30. The second-order valence-corrected chi connectivity index (χ2v) is 4.09. The summed E-state index contributed by atoms with van der Waals surface area (Å²) in [6.45, 7) is 2.16. The van der Waals surface area contributed by atoms with Crippen molar-refractivity contribution in [1.82, 2.24) is 9.97 Å². The van der Waals surface area contributed by atoms with Crippen LogP contribution >= 0.6 is 0 Å². The zero-order valence-corrected chi connectivity index (χ0v) is 9.72. The summed E-state index contributed by atoms with van der Waals surface area (Å²) in [6.07, 6.45) is 5.38. The van der Waals surface area contributed by atoms with Gasteiger partial charge in [-0.15, -0.1) is 0 Å². The van der Waals surface area contributed by atoms with Crippen LogP contribution in [0.3, 0.4) is 0 Å². The Kier molecular flexibility index (Phi) is 2.44. The minimum absolute atomic E-state index is 0.814. The summed E-state index contributed by atoms with van der Waals surface area (Å²) in [5.41, 5.74) is 4.63. The summed E-state index contributed by atoms with van der Waals surface area (Å²) in [4.78, 5) is 12.8. The number of fused-ring (bicyclic) bond motifs is 1. The molecule has 3 nitrogen and oxygen atoms in total. The summed E-state index contributed by atoms with van der Waals surface area (Å²) in [6, 6.07) is 8.55. The van der Waals surface area contributed by atoms with E-state index in [0.29, 0.717) is 0 Å². The first kappa shape index (κ1) is 10.1. The number of nitrogens with zero attached hydrogens (tertiary/aromatic N) is 3. The van der Waals surface area contributed by atoms with E-state index in [2.05, 4.69) is 46.1 Å². The monoisotopic (exact) mass is 223 g/mol. The van der Waals surface area contributed by atoms with Crippen LogP contribution in [-0.2, 0) is 12.8 Å². The minimum atomic E-state index is 0.814. The van der Waals surface area contributed by atoms with Crippen LogP contribution in [0.2, 0.25) is 0 Å². The lowest BCUT2D eigenvalue weighted by atomic mass is 10.0. The lowest BCUT2D eigenvalue weighted by molar-refractivity contribution is 1.12. The molecule has 0 fully saturated rings. The first-order valence-corrected chi connectivity index (χ1v) is 5.84. The van der Waals surface area contributed by atoms with E-state index in [1.807, 2.05) is 6.21 Å². The van der Waals surface area contributed by atoms with Crippen LogP contribution in [0.25, 0.3) is 11.3 Å². The fourth-order valence-corrected chi connectivity index (χ4v) is 2.07. The van der Waals surface area contributed by atoms with Gasteiger partial charge in [-0.1, -0.05) is 31.2 Å². The highest BCUT2D eigenvalue weighted by molar-refractivity contribution is 5.80. The van der Waals surface area contributed by atoms with E-state index in [9.17, 15) is 0 Å². The summed E-state index contributed by atoms with van der Waals surface area (Å²) < 4.78 is 0. The fraction of sp³-hybridized carbons (Fsp3) is 0.214. The van der Waals surface area contributed by atoms with Gasteiger partial charge < -0.3 is 0 Å². The van der Waals surface area contributed by atoms with Crippen LogP contribution < -0.4 is 0 Å². The van der Waals surface area contributed by atoms with Gasteiger partial charge in [-0.05, 0) is 12.0 Å². The average Bonchev–Trinajstić information content (AvgIpc) is 2.87. The maximum atomic E-state index is 4.38. The van der Waals surface area contributed by atoms with Crippen molar-refractivity contribution in [3.8, 4) is 11.3 Å². The molecule has 0 spiro atoms. The summed E-state index contributed by atoms with van der Waals surface area (Å²) in [7, 11) is 0. The fourth-order valence-electron chi connectivity index (χ4n) is 2.07. The molecule has 84 valence electrons. The first-order valence-electron chi connectivity index (χ1n) is 5.84. The molecule has 17 heavy (non-hydrogen) atoms. The first-order chi connectivity index (χ1) is 8.38. The van der Waals surface area contributed by atoms with Crippen LogP contribution in [0.15, 0.2) is 35.6 Å². The quantitative estimate of drug-likeness (QED) is 0.785. The van der Waals surface area contributed by atoms with Crippen LogP contribution in [-0.4, -0.2) is 16.2 Å². The molecule has 0 aliphatic carbocycles. The Morgan fingerprint density at radius 2 is 1.94 bits per heavy atom. The maximum Gasteiger partial charge on any atom is 0.159 e. The molecule has 3 rings (SSSR count). The molecule has 0 amide bonds. The molecular formula is C14H13N3. The van der Waals surface area contributed by atoms with Gasteiger partial charge in [0, 0.05) is 23.8 Å². The van der Waals surface area contributed by atoms with Crippen LogP contribution in [0.1, 0.15) is 18.1 Å². The molecule has 2 aromatic rings. The molecule has 3 heteroatoms. The zero-order valence-electron chi connectivity index (χ0n) is 9.72. The second-order valence-electron chi connectivity index (χ2n) is 4.09. The molecule has 0 bridgehead atoms. The highest BCUT2D eigenvalue weighted by Gasteiger charge is 2.14. The average molecular weight is 223 g/mol. The lowest BCUT2D eigenvalue weighted by Crippen LogP contribution is -1.93. The van der Waals surface area contributed by atoms with Gasteiger partial charge in [-0.25, -0.2) is 15.0 Å². The second kappa shape index (κ2) is 4.09. The van der Waals surface area contributed by atoms with E-state index in [1.165, 1.54) is 5.56 Å². The van der Waals surface area contributed by atoms with E-state index in [-0.39, 0.29) is 0 Å². The topological polar surface area (TPSA) is 38.1 Å². The number of aliphatic imine (C=N–C) groups is 1. The van der Waals surface area contributed by atoms with Crippen molar-refractivity contribution in [3.05, 3.63) is 41.7 Å². The van der Waals surface area contributed by atoms with Gasteiger partial charge in [-0.3, -0.25) is 0 Å². The van der Waals surface area contributed by atoms with E-state index in [4.69, 9.17) is 0 Å². The predicted molar refractivity (Wildman–Crippen MR) is 68.7 cm³/mol. The van der Waals surface area contributed by atoms with Crippen molar-refractivity contribution in [2.24, 2.45) is 4.99 Å². The molecular weight excluding hydrogens is 210 g/mol. The van der Waals surface area contributed by atoms with E-state index >= 15 is 0 Å². The van der Waals surface area contributed by atoms with Crippen molar-refractivity contribution >= 4 is 12.0 Å². The highest BCUT2D eigenvalue weighted by atomic mass is 15.0.